The Hall–Kier alpha value is -2.42. The number of aromatic nitrogens is 1. The summed E-state index contributed by atoms with van der Waals surface area (Å²) in [6.07, 6.45) is 0. The maximum absolute atomic E-state index is 12.6. The molecule has 8 nitrogen and oxygen atoms in total. The number of carbonyl (C=O) groups excluding carboxylic acids is 2. The number of hydrazine groups is 1. The Kier molecular flexibility index (Phi) is 6.66. The van der Waals surface area contributed by atoms with Gasteiger partial charge in [-0.3, -0.25) is 15.0 Å². The molecule has 2 N–H and O–H groups in total. The molecule has 0 radical (unpaired) electrons. The quantitative estimate of drug-likeness (QED) is 0.762. The summed E-state index contributed by atoms with van der Waals surface area (Å²) in [5.41, 5.74) is 3.56. The molecule has 1 fully saturated rings. The molecule has 2 amide bonds. The van der Waals surface area contributed by atoms with Crippen LogP contribution in [0.5, 0.6) is 0 Å². The Morgan fingerprint density at radius 2 is 1.93 bits per heavy atom. The van der Waals surface area contributed by atoms with Crippen LogP contribution in [0, 0.1) is 5.92 Å². The van der Waals surface area contributed by atoms with Crippen molar-refractivity contribution in [2.75, 3.05) is 26.3 Å². The van der Waals surface area contributed by atoms with Crippen LogP contribution in [0.25, 0.3) is 11.3 Å². The summed E-state index contributed by atoms with van der Waals surface area (Å²) in [6, 6.07) is 7.91. The number of carbonyl (C=O) groups is 2. The molecule has 1 aliphatic heterocycles. The Morgan fingerprint density at radius 1 is 1.21 bits per heavy atom. The minimum Gasteiger partial charge on any atom is -0.379 e. The summed E-state index contributed by atoms with van der Waals surface area (Å²) in [7, 11) is 0. The lowest BCUT2D eigenvalue weighted by molar-refractivity contribution is -0.130. The van der Waals surface area contributed by atoms with Crippen LogP contribution in [0.4, 0.5) is 0 Å². The molecule has 0 unspecified atom stereocenters. The third kappa shape index (κ3) is 4.89. The number of halogens is 1. The summed E-state index contributed by atoms with van der Waals surface area (Å²) < 4.78 is 10.5. The highest BCUT2D eigenvalue weighted by atomic mass is 35.5. The van der Waals surface area contributed by atoms with E-state index in [9.17, 15) is 9.59 Å². The van der Waals surface area contributed by atoms with Crippen molar-refractivity contribution in [3.8, 4) is 11.3 Å². The van der Waals surface area contributed by atoms with E-state index in [4.69, 9.17) is 20.9 Å². The standard InChI is InChI=1S/C19H23ClN4O4/c1-12(2)17(19(26)22-24-7-9-27-10-8-24)21-18(25)15-11-16(28-23-15)13-5-3-4-6-14(13)20/h3-6,11-12,17H,7-10H2,1-2H3,(H,21,25)(H,22,26)/t17-/m0/s1. The van der Waals surface area contributed by atoms with Gasteiger partial charge in [0.25, 0.3) is 11.8 Å². The second-order valence-electron chi connectivity index (χ2n) is 6.83. The van der Waals surface area contributed by atoms with Crippen LogP contribution >= 0.6 is 11.6 Å². The van der Waals surface area contributed by atoms with E-state index in [1.165, 1.54) is 6.07 Å². The van der Waals surface area contributed by atoms with Gasteiger partial charge in [0.1, 0.15) is 6.04 Å². The molecule has 150 valence electrons. The molecule has 1 aromatic heterocycles. The van der Waals surface area contributed by atoms with Crippen molar-refractivity contribution in [3.05, 3.63) is 41.0 Å². The maximum atomic E-state index is 12.6. The third-order valence-corrected chi connectivity index (χ3v) is 4.73. The van der Waals surface area contributed by atoms with E-state index in [0.29, 0.717) is 42.6 Å². The predicted molar refractivity (Wildman–Crippen MR) is 104 cm³/mol. The fourth-order valence-corrected chi connectivity index (χ4v) is 3.05. The lowest BCUT2D eigenvalue weighted by Gasteiger charge is -2.30. The second-order valence-corrected chi connectivity index (χ2v) is 7.23. The zero-order valence-corrected chi connectivity index (χ0v) is 16.5. The Morgan fingerprint density at radius 3 is 2.61 bits per heavy atom. The molecule has 1 aliphatic rings. The minimum atomic E-state index is -0.712. The lowest BCUT2D eigenvalue weighted by atomic mass is 10.0. The number of hydrogen-bond acceptors (Lipinski definition) is 6. The summed E-state index contributed by atoms with van der Waals surface area (Å²) in [4.78, 5) is 25.2. The first-order valence-electron chi connectivity index (χ1n) is 9.11. The number of nitrogens with zero attached hydrogens (tertiary/aromatic N) is 2. The largest absolute Gasteiger partial charge is 0.379 e. The number of rotatable bonds is 6. The summed E-state index contributed by atoms with van der Waals surface area (Å²) >= 11 is 6.15. The smallest absolute Gasteiger partial charge is 0.274 e. The van der Waals surface area contributed by atoms with Crippen molar-refractivity contribution >= 4 is 23.4 Å². The van der Waals surface area contributed by atoms with Crippen molar-refractivity contribution in [3.63, 3.8) is 0 Å². The van der Waals surface area contributed by atoms with Crippen molar-refractivity contribution < 1.29 is 18.8 Å². The van der Waals surface area contributed by atoms with Gasteiger partial charge in [-0.1, -0.05) is 42.7 Å². The topological polar surface area (TPSA) is 96.7 Å². The van der Waals surface area contributed by atoms with E-state index < -0.39 is 11.9 Å². The van der Waals surface area contributed by atoms with Crippen molar-refractivity contribution in [1.82, 2.24) is 20.9 Å². The van der Waals surface area contributed by atoms with Gasteiger partial charge in [0, 0.05) is 24.7 Å². The molecule has 2 heterocycles. The molecule has 28 heavy (non-hydrogen) atoms. The normalized spacial score (nSPS) is 16.0. The molecular formula is C19H23ClN4O4. The van der Waals surface area contributed by atoms with Gasteiger partial charge < -0.3 is 14.6 Å². The first kappa shape index (κ1) is 20.3. The van der Waals surface area contributed by atoms with E-state index in [2.05, 4.69) is 15.9 Å². The van der Waals surface area contributed by atoms with Crippen LogP contribution in [0.15, 0.2) is 34.9 Å². The lowest BCUT2D eigenvalue weighted by Crippen LogP contribution is -2.56. The number of nitrogens with one attached hydrogen (secondary N) is 2. The van der Waals surface area contributed by atoms with Crippen LogP contribution < -0.4 is 10.7 Å². The van der Waals surface area contributed by atoms with E-state index in [0.717, 1.165) is 0 Å². The van der Waals surface area contributed by atoms with Crippen LogP contribution in [0.3, 0.4) is 0 Å². The molecule has 0 spiro atoms. The van der Waals surface area contributed by atoms with Gasteiger partial charge in [0.2, 0.25) is 0 Å². The SMILES string of the molecule is CC(C)[C@H](NC(=O)c1cc(-c2ccccc2Cl)on1)C(=O)NN1CCOCC1. The first-order valence-corrected chi connectivity index (χ1v) is 9.49. The van der Waals surface area contributed by atoms with Gasteiger partial charge in [0.15, 0.2) is 11.5 Å². The number of morpholine rings is 1. The third-order valence-electron chi connectivity index (χ3n) is 4.40. The Bertz CT molecular complexity index is 833. The predicted octanol–water partition coefficient (Wildman–Crippen LogP) is 2.11. The molecule has 1 aromatic carbocycles. The van der Waals surface area contributed by atoms with E-state index in [1.807, 2.05) is 19.9 Å². The van der Waals surface area contributed by atoms with Crippen molar-refractivity contribution in [2.24, 2.45) is 5.92 Å². The molecule has 1 atom stereocenters. The summed E-state index contributed by atoms with van der Waals surface area (Å²) in [5.74, 6) is -0.493. The highest BCUT2D eigenvalue weighted by Crippen LogP contribution is 2.27. The Labute approximate surface area is 168 Å². The van der Waals surface area contributed by atoms with E-state index in [1.54, 1.807) is 23.2 Å². The number of hydrogen-bond donors (Lipinski definition) is 2. The van der Waals surface area contributed by atoms with Crippen LogP contribution in [0.1, 0.15) is 24.3 Å². The highest BCUT2D eigenvalue weighted by molar-refractivity contribution is 6.33. The summed E-state index contributed by atoms with van der Waals surface area (Å²) in [6.45, 7) is 6.05. The minimum absolute atomic E-state index is 0.0831. The monoisotopic (exact) mass is 406 g/mol. The molecule has 0 aliphatic carbocycles. The fourth-order valence-electron chi connectivity index (χ4n) is 2.82. The molecule has 0 bridgehead atoms. The van der Waals surface area contributed by atoms with Crippen molar-refractivity contribution in [1.29, 1.82) is 0 Å². The van der Waals surface area contributed by atoms with Crippen molar-refractivity contribution in [2.45, 2.75) is 19.9 Å². The fraction of sp³-hybridized carbons (Fsp3) is 0.421. The molecule has 0 saturated carbocycles. The van der Waals surface area contributed by atoms with Gasteiger partial charge in [-0.15, -0.1) is 0 Å². The number of benzene rings is 1. The van der Waals surface area contributed by atoms with E-state index >= 15 is 0 Å². The van der Waals surface area contributed by atoms with Crippen LogP contribution in [-0.2, 0) is 9.53 Å². The molecule has 2 aromatic rings. The zero-order valence-electron chi connectivity index (χ0n) is 15.8. The highest BCUT2D eigenvalue weighted by Gasteiger charge is 2.28. The Balaban J connectivity index is 1.67. The maximum Gasteiger partial charge on any atom is 0.274 e. The van der Waals surface area contributed by atoms with E-state index in [-0.39, 0.29) is 17.5 Å². The van der Waals surface area contributed by atoms with Crippen LogP contribution in [0.2, 0.25) is 5.02 Å². The zero-order chi connectivity index (χ0) is 20.1. The second kappa shape index (κ2) is 9.18. The number of amides is 2. The molecule has 9 heteroatoms. The van der Waals surface area contributed by atoms with Gasteiger partial charge in [-0.05, 0) is 18.1 Å². The molecular weight excluding hydrogens is 384 g/mol. The first-order chi connectivity index (χ1) is 13.5. The van der Waals surface area contributed by atoms with Gasteiger partial charge in [-0.2, -0.15) is 0 Å². The average Bonchev–Trinajstić information content (AvgIpc) is 3.17. The number of ether oxygens (including phenoxy) is 1. The molecule has 1 saturated heterocycles. The van der Waals surface area contributed by atoms with Gasteiger partial charge >= 0.3 is 0 Å². The van der Waals surface area contributed by atoms with Crippen LogP contribution in [-0.4, -0.2) is 54.3 Å². The molecule has 3 rings (SSSR count). The summed E-state index contributed by atoms with van der Waals surface area (Å²) in [5, 5.41) is 8.84. The van der Waals surface area contributed by atoms with Gasteiger partial charge in [0.05, 0.1) is 18.2 Å². The average molecular weight is 407 g/mol. The van der Waals surface area contributed by atoms with Gasteiger partial charge in [-0.25, -0.2) is 5.01 Å².